The van der Waals surface area contributed by atoms with Gasteiger partial charge >= 0.3 is 0 Å². The Hall–Kier alpha value is -4.70. The molecule has 0 aliphatic heterocycles. The van der Waals surface area contributed by atoms with Gasteiger partial charge in [-0.1, -0.05) is 54.6 Å². The number of hydrogen-bond acceptors (Lipinski definition) is 2. The number of para-hydroxylation sites is 3. The van der Waals surface area contributed by atoms with Crippen molar-refractivity contribution < 1.29 is 4.42 Å². The van der Waals surface area contributed by atoms with Crippen LogP contribution in [-0.2, 0) is 0 Å². The van der Waals surface area contributed by atoms with E-state index < -0.39 is 0 Å². The lowest BCUT2D eigenvalue weighted by atomic mass is 10.1. The van der Waals surface area contributed by atoms with Crippen molar-refractivity contribution in [3.8, 4) is 5.69 Å². The first kappa shape index (κ1) is 17.8. The summed E-state index contributed by atoms with van der Waals surface area (Å²) in [6.45, 7) is 0. The Morgan fingerprint density at radius 2 is 1.24 bits per heavy atom. The Labute approximate surface area is 194 Å². The summed E-state index contributed by atoms with van der Waals surface area (Å²) in [5.41, 5.74) is 7.20. The van der Waals surface area contributed by atoms with Crippen LogP contribution in [0.15, 0.2) is 108 Å². The first-order chi connectivity index (χ1) is 16.8. The van der Waals surface area contributed by atoms with Gasteiger partial charge in [0.15, 0.2) is 0 Å². The lowest BCUT2D eigenvalue weighted by Gasteiger charge is -2.08. The Morgan fingerprint density at radius 3 is 2.09 bits per heavy atom. The topological polar surface area (TPSA) is 49.0 Å². The molecule has 0 spiro atoms. The Bertz CT molecular complexity index is 2070. The summed E-state index contributed by atoms with van der Waals surface area (Å²) in [5, 5.41) is 6.84. The van der Waals surface area contributed by atoms with Gasteiger partial charge in [-0.15, -0.1) is 0 Å². The second-order valence-corrected chi connectivity index (χ2v) is 8.85. The van der Waals surface area contributed by atoms with E-state index in [2.05, 4.69) is 102 Å². The number of rotatable bonds is 1. The van der Waals surface area contributed by atoms with E-state index in [0.717, 1.165) is 49.4 Å². The van der Waals surface area contributed by atoms with E-state index >= 15 is 0 Å². The summed E-state index contributed by atoms with van der Waals surface area (Å²) < 4.78 is 10.7. The van der Waals surface area contributed by atoms with Crippen LogP contribution in [-0.4, -0.2) is 9.24 Å². The Morgan fingerprint density at radius 1 is 0.529 bits per heavy atom. The number of nitrogens with zero attached hydrogens (tertiary/aromatic N) is 2. The molecule has 0 bridgehead atoms. The van der Waals surface area contributed by atoms with E-state index in [1.807, 2.05) is 6.07 Å². The fraction of sp³-hybridized carbons (Fsp3) is 0. The highest BCUT2D eigenvalue weighted by molar-refractivity contribution is 6.29. The molecule has 4 heteroatoms. The van der Waals surface area contributed by atoms with E-state index in [1.54, 1.807) is 4.68 Å². The molecule has 0 unspecified atom stereocenters. The lowest BCUT2D eigenvalue weighted by molar-refractivity contribution is 0.673. The highest BCUT2D eigenvalue weighted by Crippen LogP contribution is 2.43. The fourth-order valence-corrected chi connectivity index (χ4v) is 5.70. The summed E-state index contributed by atoms with van der Waals surface area (Å²) in [7, 11) is 0. The van der Waals surface area contributed by atoms with Crippen LogP contribution in [0.3, 0.4) is 0 Å². The van der Waals surface area contributed by atoms with Gasteiger partial charge in [-0.25, -0.2) is 0 Å². The molecule has 3 heterocycles. The molecule has 0 amide bonds. The Balaban J connectivity index is 1.65. The van der Waals surface area contributed by atoms with Crippen molar-refractivity contribution in [2.24, 2.45) is 0 Å². The molecule has 160 valence electrons. The monoisotopic (exact) mass is 437 g/mol. The van der Waals surface area contributed by atoms with Gasteiger partial charge < -0.3 is 14.8 Å². The zero-order chi connectivity index (χ0) is 22.4. The zero-order valence-corrected chi connectivity index (χ0v) is 18.2. The molecular formula is C30H19N3O. The summed E-state index contributed by atoms with van der Waals surface area (Å²) in [4.78, 5) is 0. The molecule has 0 saturated heterocycles. The molecule has 4 nitrogen and oxygen atoms in total. The molecule has 34 heavy (non-hydrogen) atoms. The number of benzene rings is 5. The predicted octanol–water partition coefficient (Wildman–Crippen LogP) is 7.50. The smallest absolute Gasteiger partial charge is 0.145 e. The highest BCUT2D eigenvalue weighted by atomic mass is 16.3. The van der Waals surface area contributed by atoms with Gasteiger partial charge in [0.05, 0.1) is 32.8 Å². The van der Waals surface area contributed by atoms with Crippen LogP contribution >= 0.6 is 0 Å². The second-order valence-electron chi connectivity index (χ2n) is 8.85. The van der Waals surface area contributed by atoms with Crippen molar-refractivity contribution in [2.45, 2.75) is 0 Å². The fourth-order valence-electron chi connectivity index (χ4n) is 5.70. The van der Waals surface area contributed by atoms with Gasteiger partial charge in [-0.3, -0.25) is 4.68 Å². The van der Waals surface area contributed by atoms with Crippen LogP contribution in [0.4, 0.5) is 0 Å². The summed E-state index contributed by atoms with van der Waals surface area (Å²) in [6.07, 6.45) is 0. The summed E-state index contributed by atoms with van der Waals surface area (Å²) in [5.74, 6) is 6.47. The molecule has 0 fully saturated rings. The quantitative estimate of drug-likeness (QED) is 0.270. The Kier molecular flexibility index (Phi) is 3.25. The van der Waals surface area contributed by atoms with E-state index in [4.69, 9.17) is 10.3 Å². The van der Waals surface area contributed by atoms with E-state index in [-0.39, 0.29) is 0 Å². The van der Waals surface area contributed by atoms with Crippen molar-refractivity contribution in [3.05, 3.63) is 103 Å². The third-order valence-electron chi connectivity index (χ3n) is 7.12. The average molecular weight is 438 g/mol. The maximum absolute atomic E-state index is 6.60. The largest absolute Gasteiger partial charge is 0.455 e. The molecule has 0 radical (unpaired) electrons. The minimum Gasteiger partial charge on any atom is -0.455 e. The maximum Gasteiger partial charge on any atom is 0.145 e. The minimum atomic E-state index is 0.879. The molecule has 5 aromatic carbocycles. The first-order valence-electron chi connectivity index (χ1n) is 11.4. The normalized spacial score (nSPS) is 12.2. The number of aromatic nitrogens is 2. The van der Waals surface area contributed by atoms with Crippen molar-refractivity contribution in [2.75, 3.05) is 5.84 Å². The number of fused-ring (bicyclic) bond motifs is 11. The second kappa shape index (κ2) is 6.21. The van der Waals surface area contributed by atoms with Crippen LogP contribution < -0.4 is 5.84 Å². The standard InChI is InChI=1S/C30H19N3O/c31-33-24-13-7-5-11-21(24)27-25(33)16-14-22-28-26(34-30(22)27)17-15-20-19-10-4-6-12-23(19)32(29(20)28)18-8-2-1-3-9-18/h1-17H,31H2. The number of nitrogens with two attached hydrogens (primary N) is 1. The van der Waals surface area contributed by atoms with Crippen molar-refractivity contribution in [1.82, 2.24) is 9.24 Å². The molecule has 0 aliphatic carbocycles. The van der Waals surface area contributed by atoms with E-state index in [1.165, 1.54) is 21.8 Å². The van der Waals surface area contributed by atoms with Crippen molar-refractivity contribution in [3.63, 3.8) is 0 Å². The molecule has 8 aromatic rings. The van der Waals surface area contributed by atoms with Crippen LogP contribution in [0.25, 0.3) is 71.2 Å². The van der Waals surface area contributed by atoms with Crippen LogP contribution in [0.1, 0.15) is 0 Å². The SMILES string of the molecule is Nn1c2ccccc2c2c3oc4ccc5c6ccccc6n(-c6ccccc6)c5c4c3ccc21. The van der Waals surface area contributed by atoms with Gasteiger partial charge in [-0.2, -0.15) is 0 Å². The van der Waals surface area contributed by atoms with Crippen LogP contribution in [0.2, 0.25) is 0 Å². The third-order valence-corrected chi connectivity index (χ3v) is 7.12. The van der Waals surface area contributed by atoms with Crippen molar-refractivity contribution >= 4 is 65.6 Å². The molecule has 0 aliphatic rings. The lowest BCUT2D eigenvalue weighted by Crippen LogP contribution is -2.06. The van der Waals surface area contributed by atoms with Gasteiger partial charge in [0, 0.05) is 27.2 Å². The zero-order valence-electron chi connectivity index (χ0n) is 18.2. The molecule has 2 N–H and O–H groups in total. The first-order valence-corrected chi connectivity index (χ1v) is 11.4. The molecular weight excluding hydrogens is 418 g/mol. The molecule has 8 rings (SSSR count). The average Bonchev–Trinajstić information content (AvgIpc) is 3.52. The van der Waals surface area contributed by atoms with Gasteiger partial charge in [0.2, 0.25) is 0 Å². The third kappa shape index (κ3) is 2.08. The number of hydrogen-bond donors (Lipinski definition) is 1. The number of furan rings is 1. The molecule has 0 saturated carbocycles. The minimum absolute atomic E-state index is 0.879. The summed E-state index contributed by atoms with van der Waals surface area (Å²) in [6, 6.07) is 35.9. The predicted molar refractivity (Wildman–Crippen MR) is 141 cm³/mol. The van der Waals surface area contributed by atoms with Gasteiger partial charge in [-0.05, 0) is 48.5 Å². The number of nitrogen functional groups attached to an aromatic ring is 1. The van der Waals surface area contributed by atoms with Crippen LogP contribution in [0, 0.1) is 0 Å². The highest BCUT2D eigenvalue weighted by Gasteiger charge is 2.21. The van der Waals surface area contributed by atoms with Crippen LogP contribution in [0.5, 0.6) is 0 Å². The van der Waals surface area contributed by atoms with E-state index in [9.17, 15) is 0 Å². The maximum atomic E-state index is 6.60. The van der Waals surface area contributed by atoms with Gasteiger partial charge in [0.1, 0.15) is 11.2 Å². The molecule has 3 aromatic heterocycles. The van der Waals surface area contributed by atoms with E-state index in [0.29, 0.717) is 0 Å². The molecule has 0 atom stereocenters. The summed E-state index contributed by atoms with van der Waals surface area (Å²) >= 11 is 0. The van der Waals surface area contributed by atoms with Crippen molar-refractivity contribution in [1.29, 1.82) is 0 Å². The van der Waals surface area contributed by atoms with Gasteiger partial charge in [0.25, 0.3) is 0 Å².